The van der Waals surface area contributed by atoms with Gasteiger partial charge >= 0.3 is 0 Å². The lowest BCUT2D eigenvalue weighted by atomic mass is 9.94. The van der Waals surface area contributed by atoms with Gasteiger partial charge in [-0.3, -0.25) is 0 Å². The summed E-state index contributed by atoms with van der Waals surface area (Å²) in [7, 11) is 0. The van der Waals surface area contributed by atoms with Gasteiger partial charge in [0.1, 0.15) is 6.33 Å². The zero-order chi connectivity index (χ0) is 10.3. The van der Waals surface area contributed by atoms with E-state index in [1.165, 1.54) is 24.7 Å². The number of fused-ring (bicyclic) bond motifs is 2. The lowest BCUT2D eigenvalue weighted by Crippen LogP contribution is -2.10. The summed E-state index contributed by atoms with van der Waals surface area (Å²) in [6, 6.07) is 0. The lowest BCUT2D eigenvalue weighted by molar-refractivity contribution is 0.672. The molecule has 0 saturated carbocycles. The monoisotopic (exact) mass is 200 g/mol. The number of aryl methyl sites for hydroxylation is 1. The highest BCUT2D eigenvalue weighted by Crippen LogP contribution is 2.29. The maximum Gasteiger partial charge on any atom is 0.164 e. The van der Waals surface area contributed by atoms with Crippen molar-refractivity contribution in [1.29, 1.82) is 0 Å². The molecule has 2 heterocycles. The van der Waals surface area contributed by atoms with Crippen LogP contribution in [0.15, 0.2) is 12.5 Å². The van der Waals surface area contributed by atoms with Crippen LogP contribution in [0.3, 0.4) is 0 Å². The van der Waals surface area contributed by atoms with Gasteiger partial charge in [0.25, 0.3) is 0 Å². The molecule has 1 aliphatic carbocycles. The lowest BCUT2D eigenvalue weighted by Gasteiger charge is -2.17. The third-order valence-corrected chi connectivity index (χ3v) is 2.99. The van der Waals surface area contributed by atoms with Gasteiger partial charge in [-0.1, -0.05) is 0 Å². The summed E-state index contributed by atoms with van der Waals surface area (Å²) in [4.78, 5) is 12.7. The number of anilines is 1. The first-order chi connectivity index (χ1) is 7.36. The molecule has 0 unspecified atom stereocenters. The van der Waals surface area contributed by atoms with Gasteiger partial charge in [-0.15, -0.1) is 0 Å². The van der Waals surface area contributed by atoms with Crippen molar-refractivity contribution in [2.45, 2.75) is 25.7 Å². The van der Waals surface area contributed by atoms with E-state index >= 15 is 0 Å². The molecule has 0 fully saturated rings. The molecule has 15 heavy (non-hydrogen) atoms. The Morgan fingerprint density at radius 1 is 1.20 bits per heavy atom. The van der Waals surface area contributed by atoms with Crippen molar-refractivity contribution in [3.63, 3.8) is 0 Å². The van der Waals surface area contributed by atoms with Gasteiger partial charge in [0, 0.05) is 17.6 Å². The molecule has 0 atom stereocenters. The summed E-state index contributed by atoms with van der Waals surface area (Å²) in [5.41, 5.74) is 10.0. The number of hydrogen-bond acceptors (Lipinski definition) is 4. The third kappa shape index (κ3) is 1.25. The molecule has 0 aliphatic heterocycles. The Morgan fingerprint density at radius 2 is 2.07 bits per heavy atom. The number of aromatic nitrogens is 3. The van der Waals surface area contributed by atoms with Gasteiger partial charge in [-0.25, -0.2) is 15.0 Å². The number of rotatable bonds is 0. The first kappa shape index (κ1) is 8.59. The fraction of sp³-hybridized carbons (Fsp3) is 0.364. The summed E-state index contributed by atoms with van der Waals surface area (Å²) in [6.45, 7) is 0. The van der Waals surface area contributed by atoms with Gasteiger partial charge in [0.05, 0.1) is 5.39 Å². The van der Waals surface area contributed by atoms with Crippen LogP contribution in [0.25, 0.3) is 11.0 Å². The van der Waals surface area contributed by atoms with Crippen molar-refractivity contribution in [1.82, 2.24) is 15.0 Å². The summed E-state index contributed by atoms with van der Waals surface area (Å²) in [6.07, 6.45) is 7.75. The molecule has 3 rings (SSSR count). The maximum atomic E-state index is 6.12. The molecule has 0 aromatic carbocycles. The maximum absolute atomic E-state index is 6.12. The van der Waals surface area contributed by atoms with E-state index in [1.54, 1.807) is 6.20 Å². The van der Waals surface area contributed by atoms with Crippen molar-refractivity contribution in [3.8, 4) is 0 Å². The van der Waals surface area contributed by atoms with Crippen molar-refractivity contribution in [3.05, 3.63) is 23.8 Å². The van der Waals surface area contributed by atoms with Gasteiger partial charge in [0.15, 0.2) is 5.65 Å². The average molecular weight is 200 g/mol. The van der Waals surface area contributed by atoms with Crippen molar-refractivity contribution < 1.29 is 0 Å². The second-order valence-electron chi connectivity index (χ2n) is 3.92. The Morgan fingerprint density at radius 3 is 3.00 bits per heavy atom. The van der Waals surface area contributed by atoms with Crippen LogP contribution in [0.1, 0.15) is 24.1 Å². The normalized spacial score (nSPS) is 15.2. The van der Waals surface area contributed by atoms with E-state index in [0.717, 1.165) is 35.3 Å². The van der Waals surface area contributed by atoms with Crippen LogP contribution in [0.5, 0.6) is 0 Å². The van der Waals surface area contributed by atoms with Crippen molar-refractivity contribution in [2.75, 3.05) is 5.73 Å². The molecule has 2 aromatic rings. The van der Waals surface area contributed by atoms with Crippen LogP contribution < -0.4 is 5.73 Å². The second kappa shape index (κ2) is 3.15. The third-order valence-electron chi connectivity index (χ3n) is 2.99. The molecule has 0 amide bonds. The molecule has 2 aromatic heterocycles. The van der Waals surface area contributed by atoms with Gasteiger partial charge in [-0.2, -0.15) is 0 Å². The molecule has 0 spiro atoms. The first-order valence-electron chi connectivity index (χ1n) is 5.23. The van der Waals surface area contributed by atoms with Crippen LogP contribution in [-0.4, -0.2) is 15.0 Å². The number of nitrogen functional groups attached to an aromatic ring is 1. The average Bonchev–Trinajstić information content (AvgIpc) is 2.30. The van der Waals surface area contributed by atoms with E-state index < -0.39 is 0 Å². The highest BCUT2D eigenvalue weighted by Gasteiger charge is 2.16. The minimum atomic E-state index is 0.725. The van der Waals surface area contributed by atoms with Crippen LogP contribution in [0.4, 0.5) is 5.69 Å². The Kier molecular flexibility index (Phi) is 1.80. The molecular weight excluding hydrogens is 188 g/mol. The van der Waals surface area contributed by atoms with Crippen molar-refractivity contribution in [2.24, 2.45) is 0 Å². The first-order valence-corrected chi connectivity index (χ1v) is 5.23. The topological polar surface area (TPSA) is 64.7 Å². The van der Waals surface area contributed by atoms with Gasteiger partial charge in [0.2, 0.25) is 0 Å². The highest BCUT2D eigenvalue weighted by molar-refractivity contribution is 5.89. The Labute approximate surface area is 87.6 Å². The van der Waals surface area contributed by atoms with Crippen LogP contribution in [0, 0.1) is 0 Å². The van der Waals surface area contributed by atoms with Crippen LogP contribution >= 0.6 is 0 Å². The fourth-order valence-electron chi connectivity index (χ4n) is 2.20. The number of pyridine rings is 1. The van der Waals surface area contributed by atoms with Gasteiger partial charge < -0.3 is 5.73 Å². The molecular formula is C11H12N4. The number of hydrogen-bond donors (Lipinski definition) is 1. The van der Waals surface area contributed by atoms with E-state index in [-0.39, 0.29) is 0 Å². The molecule has 0 radical (unpaired) electrons. The predicted molar refractivity (Wildman–Crippen MR) is 58.4 cm³/mol. The number of nitrogens with two attached hydrogens (primary N) is 1. The summed E-state index contributed by atoms with van der Waals surface area (Å²) in [5, 5.41) is 0.887. The quantitative estimate of drug-likeness (QED) is 0.699. The molecule has 4 heteroatoms. The van der Waals surface area contributed by atoms with E-state index in [0.29, 0.717) is 0 Å². The standard InChI is InChI=1S/C11H12N4/c12-10-7-3-1-2-4-9(7)15-11-8(10)5-13-6-14-11/h5-6H,1-4H2,(H2,12,13,14,15). The number of nitrogens with zero attached hydrogens (tertiary/aromatic N) is 3. The minimum absolute atomic E-state index is 0.725. The van der Waals surface area contributed by atoms with Crippen LogP contribution in [0.2, 0.25) is 0 Å². The Hall–Kier alpha value is -1.71. The molecule has 1 aliphatic rings. The van der Waals surface area contributed by atoms with E-state index in [4.69, 9.17) is 5.73 Å². The zero-order valence-electron chi connectivity index (χ0n) is 8.40. The summed E-state index contributed by atoms with van der Waals surface area (Å²) in [5.74, 6) is 0. The zero-order valence-corrected chi connectivity index (χ0v) is 8.40. The molecule has 0 saturated heterocycles. The fourth-order valence-corrected chi connectivity index (χ4v) is 2.20. The van der Waals surface area contributed by atoms with E-state index in [2.05, 4.69) is 15.0 Å². The smallest absolute Gasteiger partial charge is 0.164 e. The Bertz CT molecular complexity index is 521. The SMILES string of the molecule is Nc1c2c(nc3ncncc13)CCCC2. The molecule has 0 bridgehead atoms. The van der Waals surface area contributed by atoms with Crippen molar-refractivity contribution >= 4 is 16.7 Å². The van der Waals surface area contributed by atoms with E-state index in [9.17, 15) is 0 Å². The highest BCUT2D eigenvalue weighted by atomic mass is 14.9. The predicted octanol–water partition coefficient (Wildman–Crippen LogP) is 1.49. The molecule has 76 valence electrons. The second-order valence-corrected chi connectivity index (χ2v) is 3.92. The summed E-state index contributed by atoms with van der Waals surface area (Å²) >= 11 is 0. The van der Waals surface area contributed by atoms with Gasteiger partial charge in [-0.05, 0) is 31.2 Å². The van der Waals surface area contributed by atoms with E-state index in [1.807, 2.05) is 0 Å². The molecule has 2 N–H and O–H groups in total. The Balaban J connectivity index is 2.36. The summed E-state index contributed by atoms with van der Waals surface area (Å²) < 4.78 is 0. The minimum Gasteiger partial charge on any atom is -0.398 e. The largest absolute Gasteiger partial charge is 0.398 e. The molecule has 4 nitrogen and oxygen atoms in total. The van der Waals surface area contributed by atoms with Crippen LogP contribution in [-0.2, 0) is 12.8 Å².